The quantitative estimate of drug-likeness (QED) is 0.701. The molecule has 0 saturated carbocycles. The monoisotopic (exact) mass is 266 g/mol. The molecular weight excluding hydrogens is 232 g/mol. The van der Waals surface area contributed by atoms with Crippen LogP contribution in [0.4, 0.5) is 0 Å². The van der Waals surface area contributed by atoms with Gasteiger partial charge < -0.3 is 5.32 Å². The van der Waals surface area contributed by atoms with Crippen LogP contribution in [0.25, 0.3) is 0 Å². The Morgan fingerprint density at radius 3 is 2.32 bits per heavy atom. The van der Waals surface area contributed by atoms with Gasteiger partial charge in [0, 0.05) is 11.6 Å². The summed E-state index contributed by atoms with van der Waals surface area (Å²) in [6, 6.07) is 0.473. The van der Waals surface area contributed by atoms with Gasteiger partial charge in [-0.1, -0.05) is 31.9 Å². The molecule has 0 amide bonds. The lowest BCUT2D eigenvalue weighted by Gasteiger charge is -2.47. The molecule has 0 spiro atoms. The van der Waals surface area contributed by atoms with Gasteiger partial charge in [0.15, 0.2) is 0 Å². The van der Waals surface area contributed by atoms with E-state index in [2.05, 4.69) is 50.9 Å². The number of hydrogen-bond acceptors (Lipinski definition) is 2. The van der Waals surface area contributed by atoms with Crippen LogP contribution in [-0.4, -0.2) is 36.1 Å². The van der Waals surface area contributed by atoms with E-state index in [4.69, 9.17) is 0 Å². The highest BCUT2D eigenvalue weighted by molar-refractivity contribution is 5.11. The first-order valence-electron chi connectivity index (χ1n) is 8.18. The maximum atomic E-state index is 3.77. The number of piperidine rings is 1. The zero-order valence-electron chi connectivity index (χ0n) is 13.8. The molecule has 1 fully saturated rings. The molecule has 2 heteroatoms. The Balaban J connectivity index is 2.87. The zero-order valence-corrected chi connectivity index (χ0v) is 13.8. The van der Waals surface area contributed by atoms with Crippen molar-refractivity contribution in [2.45, 2.75) is 78.3 Å². The van der Waals surface area contributed by atoms with Crippen molar-refractivity contribution in [3.05, 3.63) is 11.6 Å². The van der Waals surface area contributed by atoms with Crippen molar-refractivity contribution in [1.29, 1.82) is 0 Å². The van der Waals surface area contributed by atoms with E-state index in [1.807, 2.05) is 0 Å². The number of allylic oxidation sites excluding steroid dienone is 1. The third-order valence-electron chi connectivity index (χ3n) is 4.58. The van der Waals surface area contributed by atoms with E-state index in [9.17, 15) is 0 Å². The molecule has 112 valence electrons. The minimum absolute atomic E-state index is 0.257. The van der Waals surface area contributed by atoms with E-state index in [0.29, 0.717) is 6.04 Å². The molecule has 1 heterocycles. The minimum Gasteiger partial charge on any atom is -0.309 e. The van der Waals surface area contributed by atoms with E-state index < -0.39 is 0 Å². The molecule has 1 aliphatic heterocycles. The van der Waals surface area contributed by atoms with E-state index in [1.165, 1.54) is 50.8 Å². The molecule has 2 unspecified atom stereocenters. The first-order chi connectivity index (χ1) is 9.04. The number of nitrogens with zero attached hydrogens (tertiary/aromatic N) is 1. The predicted molar refractivity (Wildman–Crippen MR) is 85.6 cm³/mol. The van der Waals surface area contributed by atoms with Crippen molar-refractivity contribution >= 4 is 0 Å². The Hall–Kier alpha value is -0.340. The summed E-state index contributed by atoms with van der Waals surface area (Å²) >= 11 is 0. The van der Waals surface area contributed by atoms with Crippen molar-refractivity contribution in [2.24, 2.45) is 0 Å². The van der Waals surface area contributed by atoms with Crippen LogP contribution in [-0.2, 0) is 0 Å². The Labute approximate surface area is 120 Å². The van der Waals surface area contributed by atoms with Crippen molar-refractivity contribution in [3.63, 3.8) is 0 Å². The average molecular weight is 266 g/mol. The van der Waals surface area contributed by atoms with Crippen LogP contribution in [0.5, 0.6) is 0 Å². The fourth-order valence-corrected chi connectivity index (χ4v) is 3.14. The number of likely N-dealkylation sites (tertiary alicyclic amines) is 1. The fourth-order valence-electron chi connectivity index (χ4n) is 3.14. The molecule has 2 nitrogen and oxygen atoms in total. The largest absolute Gasteiger partial charge is 0.309 e. The molecule has 0 radical (unpaired) electrons. The van der Waals surface area contributed by atoms with Gasteiger partial charge in [0.25, 0.3) is 0 Å². The van der Waals surface area contributed by atoms with Crippen LogP contribution in [0.15, 0.2) is 11.6 Å². The zero-order chi connectivity index (χ0) is 14.3. The number of nitrogens with one attached hydrogen (secondary N) is 1. The van der Waals surface area contributed by atoms with Crippen molar-refractivity contribution in [2.75, 3.05) is 19.6 Å². The molecule has 1 N–H and O–H groups in total. The maximum Gasteiger partial charge on any atom is 0.0436 e. The van der Waals surface area contributed by atoms with Crippen LogP contribution in [0.1, 0.15) is 66.7 Å². The lowest BCUT2D eigenvalue weighted by molar-refractivity contribution is 0.0562. The van der Waals surface area contributed by atoms with Gasteiger partial charge >= 0.3 is 0 Å². The molecule has 0 aromatic heterocycles. The maximum absolute atomic E-state index is 3.77. The first-order valence-corrected chi connectivity index (χ1v) is 8.18. The molecule has 1 rings (SSSR count). The normalized spacial score (nSPS) is 21.7. The van der Waals surface area contributed by atoms with Crippen LogP contribution < -0.4 is 5.32 Å². The van der Waals surface area contributed by atoms with Gasteiger partial charge in [-0.05, 0) is 66.1 Å². The molecular formula is C17H34N2. The summed E-state index contributed by atoms with van der Waals surface area (Å²) in [5.74, 6) is 0. The van der Waals surface area contributed by atoms with Crippen LogP contribution >= 0.6 is 0 Å². The SMILES string of the molecule is CCCNC(C=C(C)C)C(C)(CC)N1CCCCC1. The Kier molecular flexibility index (Phi) is 7.09. The highest BCUT2D eigenvalue weighted by Crippen LogP contribution is 2.28. The Morgan fingerprint density at radius 1 is 1.21 bits per heavy atom. The molecule has 19 heavy (non-hydrogen) atoms. The topological polar surface area (TPSA) is 15.3 Å². The van der Waals surface area contributed by atoms with Crippen molar-refractivity contribution in [1.82, 2.24) is 10.2 Å². The smallest absolute Gasteiger partial charge is 0.0436 e. The van der Waals surface area contributed by atoms with Crippen molar-refractivity contribution < 1.29 is 0 Å². The second kappa shape index (κ2) is 8.06. The van der Waals surface area contributed by atoms with Crippen LogP contribution in [0, 0.1) is 0 Å². The highest BCUT2D eigenvalue weighted by Gasteiger charge is 2.37. The van der Waals surface area contributed by atoms with Gasteiger partial charge in [-0.2, -0.15) is 0 Å². The average Bonchev–Trinajstić information content (AvgIpc) is 2.43. The number of hydrogen-bond donors (Lipinski definition) is 1. The Bertz CT molecular complexity index is 275. The minimum atomic E-state index is 0.257. The van der Waals surface area contributed by atoms with Gasteiger partial charge in [-0.25, -0.2) is 0 Å². The number of rotatable bonds is 7. The molecule has 0 aliphatic carbocycles. The van der Waals surface area contributed by atoms with Gasteiger partial charge in [0.1, 0.15) is 0 Å². The summed E-state index contributed by atoms with van der Waals surface area (Å²) in [5.41, 5.74) is 1.68. The summed E-state index contributed by atoms with van der Waals surface area (Å²) < 4.78 is 0. The van der Waals surface area contributed by atoms with Crippen molar-refractivity contribution in [3.8, 4) is 0 Å². The fraction of sp³-hybridized carbons (Fsp3) is 0.882. The molecule has 0 aromatic rings. The van der Waals surface area contributed by atoms with Crippen LogP contribution in [0.3, 0.4) is 0 Å². The second-order valence-electron chi connectivity index (χ2n) is 6.43. The molecule has 0 bridgehead atoms. The summed E-state index contributed by atoms with van der Waals surface area (Å²) in [6.45, 7) is 15.1. The lowest BCUT2D eigenvalue weighted by Crippen LogP contribution is -2.60. The molecule has 0 aromatic carbocycles. The Morgan fingerprint density at radius 2 is 1.84 bits per heavy atom. The van der Waals surface area contributed by atoms with E-state index in [0.717, 1.165) is 6.54 Å². The summed E-state index contributed by atoms with van der Waals surface area (Å²) in [7, 11) is 0. The third kappa shape index (κ3) is 4.61. The summed E-state index contributed by atoms with van der Waals surface area (Å²) in [4.78, 5) is 2.73. The molecule has 1 aliphatic rings. The first kappa shape index (κ1) is 16.7. The standard InChI is InChI=1S/C17H34N2/c1-6-11-18-16(14-15(3)4)17(5,7-2)19-12-9-8-10-13-19/h14,16,18H,6-13H2,1-5H3. The van der Waals surface area contributed by atoms with Gasteiger partial charge in [-0.3, -0.25) is 4.90 Å². The van der Waals surface area contributed by atoms with Gasteiger partial charge in [0.05, 0.1) is 0 Å². The molecule has 2 atom stereocenters. The van der Waals surface area contributed by atoms with Gasteiger partial charge in [0.2, 0.25) is 0 Å². The summed E-state index contributed by atoms with van der Waals surface area (Å²) in [6.07, 6.45) is 8.99. The van der Waals surface area contributed by atoms with E-state index >= 15 is 0 Å². The van der Waals surface area contributed by atoms with E-state index in [-0.39, 0.29) is 5.54 Å². The predicted octanol–water partition coefficient (Wildman–Crippen LogP) is 3.98. The summed E-state index contributed by atoms with van der Waals surface area (Å²) in [5, 5.41) is 3.77. The van der Waals surface area contributed by atoms with Crippen LogP contribution in [0.2, 0.25) is 0 Å². The molecule has 1 saturated heterocycles. The van der Waals surface area contributed by atoms with Gasteiger partial charge in [-0.15, -0.1) is 0 Å². The van der Waals surface area contributed by atoms with E-state index in [1.54, 1.807) is 0 Å². The highest BCUT2D eigenvalue weighted by atomic mass is 15.2. The third-order valence-corrected chi connectivity index (χ3v) is 4.58. The second-order valence-corrected chi connectivity index (χ2v) is 6.43. The lowest BCUT2D eigenvalue weighted by atomic mass is 9.84.